The zero-order valence-electron chi connectivity index (χ0n) is 10.6. The zero-order chi connectivity index (χ0) is 12.1. The number of nitrogens with one attached hydrogen (secondary N) is 1. The average Bonchev–Trinajstić information content (AvgIpc) is 2.26. The quantitative estimate of drug-likeness (QED) is 0.544. The van der Waals surface area contributed by atoms with Crippen LogP contribution < -0.4 is 5.32 Å². The lowest BCUT2D eigenvalue weighted by Crippen LogP contribution is -2.50. The molecule has 0 aliphatic carbocycles. The maximum absolute atomic E-state index is 9.89. The molecular formula is C11H25N3O2. The number of piperidine rings is 1. The van der Waals surface area contributed by atoms with Crippen molar-refractivity contribution in [3.05, 3.63) is 0 Å². The Morgan fingerprint density at radius 1 is 1.31 bits per heavy atom. The summed E-state index contributed by atoms with van der Waals surface area (Å²) in [5, 5.41) is 21.8. The number of hydrogen-bond acceptors (Lipinski definition) is 5. The molecule has 1 fully saturated rings. The van der Waals surface area contributed by atoms with Gasteiger partial charge in [0, 0.05) is 25.7 Å². The van der Waals surface area contributed by atoms with Crippen molar-refractivity contribution < 1.29 is 10.2 Å². The SMILES string of the molecule is CC(O)NCC(O)N1CCC(N(C)C)CC1. The van der Waals surface area contributed by atoms with Gasteiger partial charge in [0.05, 0.1) is 0 Å². The van der Waals surface area contributed by atoms with Crippen molar-refractivity contribution in [3.8, 4) is 0 Å². The van der Waals surface area contributed by atoms with Crippen LogP contribution in [-0.4, -0.2) is 72.2 Å². The smallest absolute Gasteiger partial charge is 0.120 e. The van der Waals surface area contributed by atoms with Gasteiger partial charge in [-0.3, -0.25) is 10.2 Å². The van der Waals surface area contributed by atoms with E-state index < -0.39 is 12.5 Å². The lowest BCUT2D eigenvalue weighted by atomic mass is 10.0. The molecule has 1 rings (SSSR count). The van der Waals surface area contributed by atoms with Crippen molar-refractivity contribution in [2.75, 3.05) is 33.7 Å². The Labute approximate surface area is 98.0 Å². The molecule has 1 saturated heterocycles. The minimum Gasteiger partial charge on any atom is -0.379 e. The number of nitrogens with zero attached hydrogens (tertiary/aromatic N) is 2. The van der Waals surface area contributed by atoms with E-state index >= 15 is 0 Å². The molecule has 3 N–H and O–H groups in total. The van der Waals surface area contributed by atoms with Crippen LogP contribution in [0.5, 0.6) is 0 Å². The minimum absolute atomic E-state index is 0.421. The molecule has 1 aliphatic heterocycles. The molecule has 2 atom stereocenters. The molecule has 0 spiro atoms. The third-order valence-electron chi connectivity index (χ3n) is 3.25. The van der Waals surface area contributed by atoms with E-state index in [9.17, 15) is 5.11 Å². The molecular weight excluding hydrogens is 206 g/mol. The van der Waals surface area contributed by atoms with Gasteiger partial charge in [-0.2, -0.15) is 0 Å². The summed E-state index contributed by atoms with van der Waals surface area (Å²) in [5.41, 5.74) is 0. The third kappa shape index (κ3) is 4.35. The van der Waals surface area contributed by atoms with Gasteiger partial charge >= 0.3 is 0 Å². The summed E-state index contributed by atoms with van der Waals surface area (Å²) in [6, 6.07) is 0.633. The highest BCUT2D eigenvalue weighted by molar-refractivity contribution is 4.78. The highest BCUT2D eigenvalue weighted by Gasteiger charge is 2.24. The summed E-state index contributed by atoms with van der Waals surface area (Å²) in [4.78, 5) is 4.31. The van der Waals surface area contributed by atoms with Crippen LogP contribution in [0.25, 0.3) is 0 Å². The Kier molecular flexibility index (Phi) is 5.64. The van der Waals surface area contributed by atoms with Gasteiger partial charge in [0.15, 0.2) is 0 Å². The second-order valence-electron chi connectivity index (χ2n) is 4.80. The summed E-state index contributed by atoms with van der Waals surface area (Å²) >= 11 is 0. The molecule has 0 aromatic heterocycles. The fourth-order valence-corrected chi connectivity index (χ4v) is 2.11. The normalized spacial score (nSPS) is 23.6. The van der Waals surface area contributed by atoms with Crippen molar-refractivity contribution in [2.24, 2.45) is 0 Å². The molecule has 5 nitrogen and oxygen atoms in total. The van der Waals surface area contributed by atoms with Crippen LogP contribution in [0.1, 0.15) is 19.8 Å². The van der Waals surface area contributed by atoms with Gasteiger partial charge in [0.1, 0.15) is 12.5 Å². The van der Waals surface area contributed by atoms with Gasteiger partial charge < -0.3 is 15.1 Å². The van der Waals surface area contributed by atoms with Crippen molar-refractivity contribution in [1.29, 1.82) is 0 Å². The molecule has 96 valence electrons. The van der Waals surface area contributed by atoms with E-state index in [2.05, 4.69) is 29.2 Å². The maximum Gasteiger partial charge on any atom is 0.120 e. The van der Waals surface area contributed by atoms with Crippen molar-refractivity contribution in [2.45, 2.75) is 38.3 Å². The van der Waals surface area contributed by atoms with Gasteiger partial charge in [0.2, 0.25) is 0 Å². The van der Waals surface area contributed by atoms with E-state index in [1.165, 1.54) is 0 Å². The van der Waals surface area contributed by atoms with Gasteiger partial charge in [0.25, 0.3) is 0 Å². The van der Waals surface area contributed by atoms with E-state index in [4.69, 9.17) is 5.11 Å². The van der Waals surface area contributed by atoms with Crippen LogP contribution in [0.15, 0.2) is 0 Å². The van der Waals surface area contributed by atoms with Gasteiger partial charge in [-0.05, 0) is 33.9 Å². The Hall–Kier alpha value is -0.200. The third-order valence-corrected chi connectivity index (χ3v) is 3.25. The molecule has 2 unspecified atom stereocenters. The summed E-state index contributed by atoms with van der Waals surface area (Å²) in [5.74, 6) is 0. The van der Waals surface area contributed by atoms with Gasteiger partial charge in [-0.1, -0.05) is 0 Å². The Bertz CT molecular complexity index is 192. The first-order chi connectivity index (χ1) is 7.50. The van der Waals surface area contributed by atoms with Crippen LogP contribution in [0.2, 0.25) is 0 Å². The number of hydrogen-bond donors (Lipinski definition) is 3. The highest BCUT2D eigenvalue weighted by Crippen LogP contribution is 2.15. The highest BCUT2D eigenvalue weighted by atomic mass is 16.3. The number of likely N-dealkylation sites (tertiary alicyclic amines) is 1. The predicted molar refractivity (Wildman–Crippen MR) is 64.0 cm³/mol. The molecule has 0 aromatic rings. The Balaban J connectivity index is 2.24. The fraction of sp³-hybridized carbons (Fsp3) is 1.00. The van der Waals surface area contributed by atoms with Crippen LogP contribution in [0, 0.1) is 0 Å². The van der Waals surface area contributed by atoms with Crippen molar-refractivity contribution in [3.63, 3.8) is 0 Å². The number of aliphatic hydroxyl groups excluding tert-OH is 2. The van der Waals surface area contributed by atoms with Crippen LogP contribution in [0.4, 0.5) is 0 Å². The first kappa shape index (κ1) is 13.9. The van der Waals surface area contributed by atoms with Crippen LogP contribution in [0.3, 0.4) is 0 Å². The summed E-state index contributed by atoms with van der Waals surface area (Å²) < 4.78 is 0. The van der Waals surface area contributed by atoms with Gasteiger partial charge in [-0.15, -0.1) is 0 Å². The van der Waals surface area contributed by atoms with E-state index in [1.54, 1.807) is 6.92 Å². The van der Waals surface area contributed by atoms with E-state index in [-0.39, 0.29) is 0 Å². The van der Waals surface area contributed by atoms with E-state index in [1.807, 2.05) is 0 Å². The average molecular weight is 231 g/mol. The number of aliphatic hydroxyl groups is 2. The standard InChI is InChI=1S/C11H25N3O2/c1-9(15)12-8-11(16)14-6-4-10(5-7-14)13(2)3/h9-12,15-16H,4-8H2,1-3H3. The van der Waals surface area contributed by atoms with Crippen molar-refractivity contribution in [1.82, 2.24) is 15.1 Å². The second-order valence-corrected chi connectivity index (χ2v) is 4.80. The summed E-state index contributed by atoms with van der Waals surface area (Å²) in [7, 11) is 4.21. The monoisotopic (exact) mass is 231 g/mol. The molecule has 1 heterocycles. The van der Waals surface area contributed by atoms with Gasteiger partial charge in [-0.25, -0.2) is 0 Å². The van der Waals surface area contributed by atoms with Crippen LogP contribution in [-0.2, 0) is 0 Å². The molecule has 1 aliphatic rings. The van der Waals surface area contributed by atoms with E-state index in [0.29, 0.717) is 12.6 Å². The summed E-state index contributed by atoms with van der Waals surface area (Å²) in [6.07, 6.45) is 1.14. The maximum atomic E-state index is 9.89. The van der Waals surface area contributed by atoms with Crippen molar-refractivity contribution >= 4 is 0 Å². The molecule has 16 heavy (non-hydrogen) atoms. The predicted octanol–water partition coefficient (Wildman–Crippen LogP) is -0.741. The zero-order valence-corrected chi connectivity index (χ0v) is 10.6. The fourth-order valence-electron chi connectivity index (χ4n) is 2.11. The molecule has 0 radical (unpaired) electrons. The molecule has 0 saturated carbocycles. The first-order valence-corrected chi connectivity index (χ1v) is 6.00. The lowest BCUT2D eigenvalue weighted by molar-refractivity contribution is -0.0263. The second kappa shape index (κ2) is 6.51. The Morgan fingerprint density at radius 3 is 2.31 bits per heavy atom. The molecule has 0 bridgehead atoms. The summed E-state index contributed by atoms with van der Waals surface area (Å²) in [6.45, 7) is 3.92. The molecule has 5 heteroatoms. The largest absolute Gasteiger partial charge is 0.379 e. The number of rotatable bonds is 5. The topological polar surface area (TPSA) is 59.0 Å². The first-order valence-electron chi connectivity index (χ1n) is 6.00. The molecule has 0 amide bonds. The van der Waals surface area contributed by atoms with E-state index in [0.717, 1.165) is 25.9 Å². The lowest BCUT2D eigenvalue weighted by Gasteiger charge is -2.37. The van der Waals surface area contributed by atoms with Crippen LogP contribution >= 0.6 is 0 Å². The Morgan fingerprint density at radius 2 is 1.88 bits per heavy atom. The molecule has 0 aromatic carbocycles. The minimum atomic E-state index is -0.561.